The molecule has 3 N–H and O–H groups in total. The zero-order valence-electron chi connectivity index (χ0n) is 9.27. The zero-order chi connectivity index (χ0) is 12.6. The predicted molar refractivity (Wildman–Crippen MR) is 62.2 cm³/mol. The van der Waals surface area contributed by atoms with Crippen LogP contribution in [0, 0.1) is 11.6 Å². The van der Waals surface area contributed by atoms with Crippen molar-refractivity contribution in [2.45, 2.75) is 31.1 Å². The van der Waals surface area contributed by atoms with Gasteiger partial charge in [-0.3, -0.25) is 0 Å². The molecule has 0 unspecified atom stereocenters. The van der Waals surface area contributed by atoms with Gasteiger partial charge in [-0.1, -0.05) is 24.4 Å². The van der Waals surface area contributed by atoms with Gasteiger partial charge >= 0.3 is 0 Å². The molecule has 0 heterocycles. The molecule has 1 fully saturated rings. The van der Waals surface area contributed by atoms with Crippen molar-refractivity contribution in [2.24, 2.45) is 5.73 Å². The lowest BCUT2D eigenvalue weighted by Crippen LogP contribution is -2.33. The van der Waals surface area contributed by atoms with E-state index in [1.807, 2.05) is 0 Å². The van der Waals surface area contributed by atoms with Gasteiger partial charge in [0.05, 0.1) is 5.02 Å². The van der Waals surface area contributed by atoms with Crippen LogP contribution >= 0.6 is 11.6 Å². The number of hydrogen-bond acceptors (Lipinski definition) is 2. The van der Waals surface area contributed by atoms with Gasteiger partial charge in [0.1, 0.15) is 5.82 Å². The Labute approximate surface area is 103 Å². The molecule has 1 aromatic rings. The largest absolute Gasteiger partial charge is 0.505 e. The fourth-order valence-corrected chi connectivity index (χ4v) is 2.87. The van der Waals surface area contributed by atoms with E-state index in [0.29, 0.717) is 12.8 Å². The highest BCUT2D eigenvalue weighted by Gasteiger charge is 2.40. The summed E-state index contributed by atoms with van der Waals surface area (Å²) in [5, 5.41) is 9.42. The SMILES string of the molecule is NCC1(c2c(O)c(F)cc(Cl)c2F)CCCC1. The van der Waals surface area contributed by atoms with E-state index in [1.165, 1.54) is 0 Å². The molecular formula is C12H14ClF2NO. The first kappa shape index (κ1) is 12.6. The first-order valence-electron chi connectivity index (χ1n) is 5.59. The van der Waals surface area contributed by atoms with E-state index in [2.05, 4.69) is 0 Å². The molecule has 2 nitrogen and oxygen atoms in total. The molecule has 0 aromatic heterocycles. The molecule has 0 bridgehead atoms. The van der Waals surface area contributed by atoms with Crippen LogP contribution in [0.1, 0.15) is 31.2 Å². The standard InChI is InChI=1S/C12H14ClF2NO/c13-7-5-8(14)11(17)9(10(7)15)12(6-16)3-1-2-4-12/h5,17H,1-4,6,16H2. The van der Waals surface area contributed by atoms with Crippen molar-refractivity contribution in [3.8, 4) is 5.75 Å². The molecule has 2 rings (SSSR count). The minimum Gasteiger partial charge on any atom is -0.505 e. The van der Waals surface area contributed by atoms with Crippen LogP contribution in [0.3, 0.4) is 0 Å². The van der Waals surface area contributed by atoms with Crippen LogP contribution in [0.15, 0.2) is 6.07 Å². The lowest BCUT2D eigenvalue weighted by atomic mass is 9.78. The maximum absolute atomic E-state index is 14.0. The zero-order valence-corrected chi connectivity index (χ0v) is 10.0. The lowest BCUT2D eigenvalue weighted by molar-refractivity contribution is 0.366. The maximum Gasteiger partial charge on any atom is 0.166 e. The van der Waals surface area contributed by atoms with Gasteiger partial charge in [-0.15, -0.1) is 0 Å². The van der Waals surface area contributed by atoms with Gasteiger partial charge in [-0.25, -0.2) is 8.78 Å². The Hall–Kier alpha value is -0.870. The molecule has 17 heavy (non-hydrogen) atoms. The van der Waals surface area contributed by atoms with Gasteiger partial charge in [0.25, 0.3) is 0 Å². The Morgan fingerprint density at radius 1 is 1.35 bits per heavy atom. The third-order valence-corrected chi connectivity index (χ3v) is 3.90. The molecule has 1 aliphatic carbocycles. The van der Waals surface area contributed by atoms with E-state index in [0.717, 1.165) is 18.9 Å². The molecule has 5 heteroatoms. The lowest BCUT2D eigenvalue weighted by Gasteiger charge is -2.29. The van der Waals surface area contributed by atoms with Crippen molar-refractivity contribution < 1.29 is 13.9 Å². The molecule has 94 valence electrons. The number of benzene rings is 1. The summed E-state index contributed by atoms with van der Waals surface area (Å²) >= 11 is 5.62. The first-order valence-corrected chi connectivity index (χ1v) is 5.96. The van der Waals surface area contributed by atoms with Crippen LogP contribution in [0.5, 0.6) is 5.75 Å². The van der Waals surface area contributed by atoms with Gasteiger partial charge in [0.2, 0.25) is 0 Å². The first-order chi connectivity index (χ1) is 8.02. The second-order valence-corrected chi connectivity index (χ2v) is 4.98. The van der Waals surface area contributed by atoms with Gasteiger partial charge in [-0.05, 0) is 18.9 Å². The van der Waals surface area contributed by atoms with Gasteiger partial charge in [0.15, 0.2) is 11.6 Å². The van der Waals surface area contributed by atoms with Gasteiger partial charge in [-0.2, -0.15) is 0 Å². The minimum atomic E-state index is -0.897. The number of hydrogen-bond donors (Lipinski definition) is 2. The molecule has 0 amide bonds. The summed E-state index contributed by atoms with van der Waals surface area (Å²) in [4.78, 5) is 0. The van der Waals surface area contributed by atoms with Crippen molar-refractivity contribution in [3.05, 3.63) is 28.3 Å². The normalized spacial score (nSPS) is 18.6. The number of nitrogens with two attached hydrogens (primary N) is 1. The average molecular weight is 262 g/mol. The Balaban J connectivity index is 2.65. The summed E-state index contributed by atoms with van der Waals surface area (Å²) in [5.41, 5.74) is 4.96. The molecular weight excluding hydrogens is 248 g/mol. The monoisotopic (exact) mass is 261 g/mol. The molecule has 1 aliphatic rings. The molecule has 0 saturated heterocycles. The molecule has 0 radical (unpaired) electrons. The van der Waals surface area contributed by atoms with Crippen LogP contribution in [0.25, 0.3) is 0 Å². The van der Waals surface area contributed by atoms with Gasteiger partial charge in [0, 0.05) is 17.5 Å². The Morgan fingerprint density at radius 2 is 1.94 bits per heavy atom. The molecule has 0 atom stereocenters. The quantitative estimate of drug-likeness (QED) is 0.804. The third kappa shape index (κ3) is 1.89. The fraction of sp³-hybridized carbons (Fsp3) is 0.500. The topological polar surface area (TPSA) is 46.2 Å². The van der Waals surface area contributed by atoms with Crippen molar-refractivity contribution >= 4 is 11.6 Å². The van der Waals surface area contributed by atoms with Crippen LogP contribution in [-0.2, 0) is 5.41 Å². The van der Waals surface area contributed by atoms with Crippen LogP contribution in [0.4, 0.5) is 8.78 Å². The molecule has 1 aromatic carbocycles. The van der Waals surface area contributed by atoms with E-state index < -0.39 is 22.8 Å². The summed E-state index contributed by atoms with van der Waals surface area (Å²) in [5.74, 6) is -2.30. The number of halogens is 3. The smallest absolute Gasteiger partial charge is 0.166 e. The highest BCUT2D eigenvalue weighted by Crippen LogP contribution is 2.46. The number of aromatic hydroxyl groups is 1. The average Bonchev–Trinajstić information content (AvgIpc) is 2.77. The minimum absolute atomic E-state index is 0.0532. The molecule has 1 saturated carbocycles. The number of phenols is 1. The van der Waals surface area contributed by atoms with Gasteiger partial charge < -0.3 is 10.8 Å². The van der Waals surface area contributed by atoms with Crippen LogP contribution < -0.4 is 5.73 Å². The van der Waals surface area contributed by atoms with Crippen LogP contribution in [-0.4, -0.2) is 11.7 Å². The number of rotatable bonds is 2. The van der Waals surface area contributed by atoms with E-state index in [9.17, 15) is 13.9 Å². The maximum atomic E-state index is 14.0. The summed E-state index contributed by atoms with van der Waals surface area (Å²) in [7, 11) is 0. The second-order valence-electron chi connectivity index (χ2n) is 4.57. The summed E-state index contributed by atoms with van der Waals surface area (Å²) in [6, 6.07) is 0.787. The third-order valence-electron chi connectivity index (χ3n) is 3.63. The summed E-state index contributed by atoms with van der Waals surface area (Å²) in [6.45, 7) is 0.178. The highest BCUT2D eigenvalue weighted by atomic mass is 35.5. The molecule has 0 aliphatic heterocycles. The van der Waals surface area contributed by atoms with E-state index in [1.54, 1.807) is 0 Å². The highest BCUT2D eigenvalue weighted by molar-refractivity contribution is 6.30. The Morgan fingerprint density at radius 3 is 2.47 bits per heavy atom. The van der Waals surface area contributed by atoms with E-state index in [4.69, 9.17) is 17.3 Å². The van der Waals surface area contributed by atoms with Crippen molar-refractivity contribution in [3.63, 3.8) is 0 Å². The van der Waals surface area contributed by atoms with E-state index in [-0.39, 0.29) is 17.1 Å². The van der Waals surface area contributed by atoms with Crippen molar-refractivity contribution in [1.82, 2.24) is 0 Å². The number of phenolic OH excluding ortho intramolecular Hbond substituents is 1. The van der Waals surface area contributed by atoms with E-state index >= 15 is 0 Å². The fourth-order valence-electron chi connectivity index (χ4n) is 2.68. The van der Waals surface area contributed by atoms with Crippen molar-refractivity contribution in [1.29, 1.82) is 0 Å². The Bertz CT molecular complexity index is 418. The summed E-state index contributed by atoms with van der Waals surface area (Å²) in [6.07, 6.45) is 3.08. The Kier molecular flexibility index (Phi) is 3.27. The second kappa shape index (κ2) is 4.42. The summed E-state index contributed by atoms with van der Waals surface area (Å²) < 4.78 is 27.4. The predicted octanol–water partition coefficient (Wildman–Crippen LogP) is 3.09. The van der Waals surface area contributed by atoms with Crippen LogP contribution in [0.2, 0.25) is 5.02 Å². The van der Waals surface area contributed by atoms with Crippen molar-refractivity contribution in [2.75, 3.05) is 6.54 Å². The molecule has 0 spiro atoms.